The van der Waals surface area contributed by atoms with E-state index < -0.39 is 11.9 Å². The van der Waals surface area contributed by atoms with Crippen molar-refractivity contribution >= 4 is 5.91 Å². The lowest BCUT2D eigenvalue weighted by Gasteiger charge is -2.09. The van der Waals surface area contributed by atoms with Crippen molar-refractivity contribution in [1.29, 1.82) is 0 Å². The molecular weight excluding hydrogens is 251 g/mol. The Morgan fingerprint density at radius 1 is 1.47 bits per heavy atom. The largest absolute Gasteiger partial charge is 0.494 e. The highest BCUT2D eigenvalue weighted by molar-refractivity contribution is 5.94. The zero-order valence-electron chi connectivity index (χ0n) is 11.1. The Balaban J connectivity index is 2.41. The quantitative estimate of drug-likeness (QED) is 0.632. The van der Waals surface area contributed by atoms with Crippen molar-refractivity contribution in [1.82, 2.24) is 10.6 Å². The minimum atomic E-state index is -0.502. The van der Waals surface area contributed by atoms with E-state index in [-0.39, 0.29) is 11.7 Å². The summed E-state index contributed by atoms with van der Waals surface area (Å²) in [5, 5.41) is 14.7. The number of nitrogens with one attached hydrogen (secondary N) is 2. The summed E-state index contributed by atoms with van der Waals surface area (Å²) in [6, 6.07) is 3.95. The highest BCUT2D eigenvalue weighted by Gasteiger charge is 2.09. The molecule has 1 rings (SSSR count). The summed E-state index contributed by atoms with van der Waals surface area (Å²) < 4.78 is 18.0. The molecule has 0 aliphatic heterocycles. The van der Waals surface area contributed by atoms with Crippen LogP contribution in [0.15, 0.2) is 18.2 Å². The van der Waals surface area contributed by atoms with Gasteiger partial charge in [-0.3, -0.25) is 4.79 Å². The zero-order valence-corrected chi connectivity index (χ0v) is 11.1. The molecule has 6 heteroatoms. The van der Waals surface area contributed by atoms with E-state index in [0.717, 1.165) is 0 Å². The first-order valence-corrected chi connectivity index (χ1v) is 6.05. The monoisotopic (exact) mass is 270 g/mol. The fourth-order valence-electron chi connectivity index (χ4n) is 1.48. The van der Waals surface area contributed by atoms with E-state index in [2.05, 4.69) is 10.6 Å². The van der Waals surface area contributed by atoms with E-state index in [1.54, 1.807) is 6.92 Å². The Kier molecular flexibility index (Phi) is 6.24. The maximum absolute atomic E-state index is 13.2. The second-order valence-corrected chi connectivity index (χ2v) is 4.16. The van der Waals surface area contributed by atoms with Gasteiger partial charge in [0.1, 0.15) is 0 Å². The predicted molar refractivity (Wildman–Crippen MR) is 69.8 cm³/mol. The Morgan fingerprint density at radius 3 is 2.84 bits per heavy atom. The molecule has 0 aliphatic rings. The van der Waals surface area contributed by atoms with Gasteiger partial charge in [-0.15, -0.1) is 0 Å². The van der Waals surface area contributed by atoms with Gasteiger partial charge in [-0.1, -0.05) is 0 Å². The lowest BCUT2D eigenvalue weighted by Crippen LogP contribution is -2.34. The molecule has 5 nitrogen and oxygen atoms in total. The molecule has 1 atom stereocenters. The molecule has 0 aliphatic carbocycles. The number of amides is 1. The number of carbonyl (C=O) groups excluding carboxylic acids is 1. The molecule has 0 spiro atoms. The maximum Gasteiger partial charge on any atom is 0.251 e. The number of hydrogen-bond acceptors (Lipinski definition) is 4. The smallest absolute Gasteiger partial charge is 0.251 e. The zero-order chi connectivity index (χ0) is 14.3. The summed E-state index contributed by atoms with van der Waals surface area (Å²) >= 11 is 0. The first-order valence-electron chi connectivity index (χ1n) is 6.05. The van der Waals surface area contributed by atoms with Crippen molar-refractivity contribution in [2.75, 3.05) is 26.7 Å². The molecule has 0 aromatic heterocycles. The average Bonchev–Trinajstić information content (AvgIpc) is 2.38. The van der Waals surface area contributed by atoms with Gasteiger partial charge in [-0.05, 0) is 25.1 Å². The van der Waals surface area contributed by atoms with Crippen LogP contribution in [0.25, 0.3) is 0 Å². The molecule has 106 valence electrons. The van der Waals surface area contributed by atoms with Gasteiger partial charge in [0.2, 0.25) is 0 Å². The van der Waals surface area contributed by atoms with Gasteiger partial charge in [-0.25, -0.2) is 4.39 Å². The third-order valence-electron chi connectivity index (χ3n) is 2.44. The number of carbonyl (C=O) groups is 1. The first-order chi connectivity index (χ1) is 9.04. The second kappa shape index (κ2) is 7.70. The normalized spacial score (nSPS) is 12.0. The van der Waals surface area contributed by atoms with E-state index >= 15 is 0 Å². The molecule has 0 saturated heterocycles. The topological polar surface area (TPSA) is 70.6 Å². The van der Waals surface area contributed by atoms with Gasteiger partial charge >= 0.3 is 0 Å². The van der Waals surface area contributed by atoms with Gasteiger partial charge < -0.3 is 20.5 Å². The summed E-state index contributed by atoms with van der Waals surface area (Å²) in [6.07, 6.45) is -0.419. The number of hydrogen-bond donors (Lipinski definition) is 3. The van der Waals surface area contributed by atoms with Crippen LogP contribution in [0, 0.1) is 5.82 Å². The molecule has 0 heterocycles. The van der Waals surface area contributed by atoms with E-state index in [9.17, 15) is 9.18 Å². The van der Waals surface area contributed by atoms with E-state index in [0.29, 0.717) is 25.2 Å². The molecular formula is C13H19FN2O3. The molecule has 0 radical (unpaired) electrons. The summed E-state index contributed by atoms with van der Waals surface area (Å²) in [7, 11) is 1.35. The standard InChI is InChI=1S/C13H19FN2O3/c1-9(17)8-15-5-6-16-13(18)10-3-4-11(14)12(7-10)19-2/h3-4,7,9,15,17H,5-6,8H2,1-2H3,(H,16,18). The van der Waals surface area contributed by atoms with E-state index in [1.165, 1.54) is 25.3 Å². The van der Waals surface area contributed by atoms with Crippen molar-refractivity contribution in [3.8, 4) is 5.75 Å². The molecule has 1 aromatic carbocycles. The SMILES string of the molecule is COc1cc(C(=O)NCCNCC(C)O)ccc1F. The molecule has 1 aromatic rings. The van der Waals surface area contributed by atoms with Crippen LogP contribution in [0.4, 0.5) is 4.39 Å². The van der Waals surface area contributed by atoms with Crippen LogP contribution in [-0.2, 0) is 0 Å². The van der Waals surface area contributed by atoms with Crippen LogP contribution < -0.4 is 15.4 Å². The predicted octanol–water partition coefficient (Wildman–Crippen LogP) is 0.534. The molecule has 1 amide bonds. The summed E-state index contributed by atoms with van der Waals surface area (Å²) in [5.74, 6) is -0.755. The van der Waals surface area contributed by atoms with Crippen molar-refractivity contribution in [2.45, 2.75) is 13.0 Å². The Hall–Kier alpha value is -1.66. The Bertz CT molecular complexity index is 424. The van der Waals surface area contributed by atoms with Gasteiger partial charge in [0, 0.05) is 25.2 Å². The lowest BCUT2D eigenvalue weighted by atomic mass is 10.2. The van der Waals surface area contributed by atoms with Crippen LogP contribution in [0.5, 0.6) is 5.75 Å². The van der Waals surface area contributed by atoms with Crippen molar-refractivity contribution < 1.29 is 19.0 Å². The molecule has 3 N–H and O–H groups in total. The molecule has 19 heavy (non-hydrogen) atoms. The van der Waals surface area contributed by atoms with Crippen LogP contribution in [0.2, 0.25) is 0 Å². The summed E-state index contributed by atoms with van der Waals surface area (Å²) in [6.45, 7) is 3.12. The van der Waals surface area contributed by atoms with Crippen molar-refractivity contribution in [3.63, 3.8) is 0 Å². The van der Waals surface area contributed by atoms with Gasteiger partial charge in [0.05, 0.1) is 13.2 Å². The van der Waals surface area contributed by atoms with Crippen LogP contribution in [0.1, 0.15) is 17.3 Å². The van der Waals surface area contributed by atoms with E-state index in [4.69, 9.17) is 9.84 Å². The third kappa shape index (κ3) is 5.23. The van der Waals surface area contributed by atoms with Gasteiger partial charge in [0.15, 0.2) is 11.6 Å². The maximum atomic E-state index is 13.2. The highest BCUT2D eigenvalue weighted by atomic mass is 19.1. The third-order valence-corrected chi connectivity index (χ3v) is 2.44. The fraction of sp³-hybridized carbons (Fsp3) is 0.462. The van der Waals surface area contributed by atoms with Crippen LogP contribution in [0.3, 0.4) is 0 Å². The minimum Gasteiger partial charge on any atom is -0.494 e. The second-order valence-electron chi connectivity index (χ2n) is 4.16. The highest BCUT2D eigenvalue weighted by Crippen LogP contribution is 2.17. The lowest BCUT2D eigenvalue weighted by molar-refractivity contribution is 0.0953. The summed E-state index contributed by atoms with van der Waals surface area (Å²) in [5.41, 5.74) is 0.341. The number of benzene rings is 1. The van der Waals surface area contributed by atoms with Gasteiger partial charge in [0.25, 0.3) is 5.91 Å². The average molecular weight is 270 g/mol. The van der Waals surface area contributed by atoms with E-state index in [1.807, 2.05) is 0 Å². The Morgan fingerprint density at radius 2 is 2.21 bits per heavy atom. The molecule has 0 fully saturated rings. The number of aliphatic hydroxyl groups is 1. The van der Waals surface area contributed by atoms with Gasteiger partial charge in [-0.2, -0.15) is 0 Å². The number of aliphatic hydroxyl groups excluding tert-OH is 1. The number of methoxy groups -OCH3 is 1. The number of rotatable bonds is 7. The fourth-order valence-corrected chi connectivity index (χ4v) is 1.48. The van der Waals surface area contributed by atoms with Crippen molar-refractivity contribution in [3.05, 3.63) is 29.6 Å². The molecule has 0 bridgehead atoms. The number of ether oxygens (including phenoxy) is 1. The Labute approximate surface area is 111 Å². The molecule has 0 saturated carbocycles. The van der Waals surface area contributed by atoms with Crippen LogP contribution >= 0.6 is 0 Å². The molecule has 1 unspecified atom stereocenters. The summed E-state index contributed by atoms with van der Waals surface area (Å²) in [4.78, 5) is 11.8. The minimum absolute atomic E-state index is 0.0416. The van der Waals surface area contributed by atoms with Crippen molar-refractivity contribution in [2.24, 2.45) is 0 Å². The first kappa shape index (κ1) is 15.4. The van der Waals surface area contributed by atoms with Crippen LogP contribution in [-0.4, -0.2) is 43.9 Å². The number of halogens is 1.